The van der Waals surface area contributed by atoms with Crippen molar-refractivity contribution < 1.29 is 9.18 Å². The molecule has 1 heterocycles. The molecule has 1 aromatic carbocycles. The van der Waals surface area contributed by atoms with Gasteiger partial charge in [0.1, 0.15) is 11.5 Å². The van der Waals surface area contributed by atoms with Gasteiger partial charge in [0.15, 0.2) is 0 Å². The van der Waals surface area contributed by atoms with Crippen LogP contribution in [0.1, 0.15) is 36.3 Å². The van der Waals surface area contributed by atoms with Crippen molar-refractivity contribution >= 4 is 17.2 Å². The molecule has 0 saturated carbocycles. The smallest absolute Gasteiger partial charge is 0.271 e. The van der Waals surface area contributed by atoms with E-state index >= 15 is 0 Å². The Labute approximate surface area is 121 Å². The molecule has 2 rings (SSSR count). The number of hydrogen-bond acceptors (Lipinski definition) is 3. The molecular weight excluding hydrogens is 275 g/mol. The minimum absolute atomic E-state index is 0.278. The summed E-state index contributed by atoms with van der Waals surface area (Å²) in [7, 11) is 0. The Balaban J connectivity index is 2.46. The number of nitrogens with one attached hydrogen (secondary N) is 1. The van der Waals surface area contributed by atoms with Gasteiger partial charge in [-0.2, -0.15) is 0 Å². The predicted octanol–water partition coefficient (Wildman–Crippen LogP) is 3.79. The summed E-state index contributed by atoms with van der Waals surface area (Å²) in [4.78, 5) is 17.1. The summed E-state index contributed by atoms with van der Waals surface area (Å²) in [5.41, 5.74) is 0.339. The zero-order chi connectivity index (χ0) is 14.9. The molecule has 0 radical (unpaired) electrons. The molecule has 0 bridgehead atoms. The number of carbonyl (C=O) groups excluding carboxylic acids is 1. The van der Waals surface area contributed by atoms with Gasteiger partial charge in [-0.15, -0.1) is 11.3 Å². The van der Waals surface area contributed by atoms with E-state index in [-0.39, 0.29) is 23.0 Å². The van der Waals surface area contributed by atoms with Crippen molar-refractivity contribution in [3.63, 3.8) is 0 Å². The van der Waals surface area contributed by atoms with E-state index in [0.29, 0.717) is 10.4 Å². The Bertz CT molecular complexity index is 644. The number of aryl methyl sites for hydroxylation is 1. The molecule has 1 amide bonds. The molecule has 0 saturated heterocycles. The Hall–Kier alpha value is -1.75. The molecule has 2 aromatic rings. The van der Waals surface area contributed by atoms with Crippen molar-refractivity contribution in [1.82, 2.24) is 10.3 Å². The van der Waals surface area contributed by atoms with E-state index in [2.05, 4.69) is 10.3 Å². The highest BCUT2D eigenvalue weighted by Gasteiger charge is 2.23. The van der Waals surface area contributed by atoms with Crippen LogP contribution in [0.25, 0.3) is 10.4 Å². The average Bonchev–Trinajstić information content (AvgIpc) is 2.69. The first-order valence-electron chi connectivity index (χ1n) is 6.33. The lowest BCUT2D eigenvalue weighted by Gasteiger charge is -2.20. The molecule has 1 aromatic heterocycles. The monoisotopic (exact) mass is 292 g/mol. The summed E-state index contributed by atoms with van der Waals surface area (Å²) in [6.07, 6.45) is 0. The third kappa shape index (κ3) is 3.22. The van der Waals surface area contributed by atoms with Crippen LogP contribution in [0.15, 0.2) is 24.3 Å². The van der Waals surface area contributed by atoms with Crippen LogP contribution in [0.4, 0.5) is 4.39 Å². The van der Waals surface area contributed by atoms with Crippen LogP contribution in [-0.2, 0) is 0 Å². The molecule has 0 fully saturated rings. The number of amides is 1. The predicted molar refractivity (Wildman–Crippen MR) is 79.5 cm³/mol. The summed E-state index contributed by atoms with van der Waals surface area (Å²) in [5, 5.41) is 3.60. The number of aromatic nitrogens is 1. The SMILES string of the molecule is Cc1nc(C(=O)NC(C)(C)C)c(-c2ccccc2F)s1. The highest BCUT2D eigenvalue weighted by Crippen LogP contribution is 2.32. The van der Waals surface area contributed by atoms with Crippen LogP contribution in [0.2, 0.25) is 0 Å². The Morgan fingerprint density at radius 3 is 2.55 bits per heavy atom. The van der Waals surface area contributed by atoms with Gasteiger partial charge in [-0.25, -0.2) is 9.37 Å². The maximum absolute atomic E-state index is 13.9. The van der Waals surface area contributed by atoms with Gasteiger partial charge in [-0.1, -0.05) is 18.2 Å². The highest BCUT2D eigenvalue weighted by molar-refractivity contribution is 7.15. The quantitative estimate of drug-likeness (QED) is 0.915. The maximum atomic E-state index is 13.9. The first-order chi connectivity index (χ1) is 9.28. The van der Waals surface area contributed by atoms with Gasteiger partial charge in [-0.05, 0) is 33.8 Å². The van der Waals surface area contributed by atoms with Gasteiger partial charge in [0.25, 0.3) is 5.91 Å². The minimum Gasteiger partial charge on any atom is -0.346 e. The Morgan fingerprint density at radius 2 is 1.95 bits per heavy atom. The molecule has 106 valence electrons. The van der Waals surface area contributed by atoms with Gasteiger partial charge in [-0.3, -0.25) is 4.79 Å². The fourth-order valence-electron chi connectivity index (χ4n) is 1.81. The number of thiazole rings is 1. The van der Waals surface area contributed by atoms with Crippen LogP contribution in [0.3, 0.4) is 0 Å². The molecule has 20 heavy (non-hydrogen) atoms. The number of carbonyl (C=O) groups is 1. The zero-order valence-electron chi connectivity index (χ0n) is 12.0. The molecule has 0 atom stereocenters. The maximum Gasteiger partial charge on any atom is 0.271 e. The summed E-state index contributed by atoms with van der Waals surface area (Å²) in [6.45, 7) is 7.50. The van der Waals surface area contributed by atoms with Crippen molar-refractivity contribution in [2.45, 2.75) is 33.2 Å². The lowest BCUT2D eigenvalue weighted by molar-refractivity contribution is 0.0915. The largest absolute Gasteiger partial charge is 0.346 e. The van der Waals surface area contributed by atoms with Crippen LogP contribution >= 0.6 is 11.3 Å². The van der Waals surface area contributed by atoms with E-state index in [1.807, 2.05) is 27.7 Å². The average molecular weight is 292 g/mol. The van der Waals surface area contributed by atoms with Gasteiger partial charge < -0.3 is 5.32 Å². The van der Waals surface area contributed by atoms with E-state index in [0.717, 1.165) is 5.01 Å². The molecule has 0 unspecified atom stereocenters. The fraction of sp³-hybridized carbons (Fsp3) is 0.333. The van der Waals surface area contributed by atoms with Crippen molar-refractivity contribution in [3.8, 4) is 10.4 Å². The first kappa shape index (κ1) is 14.7. The minimum atomic E-state index is -0.360. The van der Waals surface area contributed by atoms with E-state index in [9.17, 15) is 9.18 Å². The van der Waals surface area contributed by atoms with Crippen LogP contribution < -0.4 is 5.32 Å². The van der Waals surface area contributed by atoms with E-state index < -0.39 is 0 Å². The summed E-state index contributed by atoms with van der Waals surface area (Å²) in [6, 6.07) is 6.42. The Morgan fingerprint density at radius 1 is 1.30 bits per heavy atom. The van der Waals surface area contributed by atoms with Crippen LogP contribution in [0, 0.1) is 12.7 Å². The lowest BCUT2D eigenvalue weighted by Crippen LogP contribution is -2.40. The molecule has 3 nitrogen and oxygen atoms in total. The normalized spacial score (nSPS) is 11.4. The van der Waals surface area contributed by atoms with Crippen molar-refractivity contribution in [2.24, 2.45) is 0 Å². The molecule has 0 aliphatic heterocycles. The molecule has 0 aliphatic carbocycles. The molecule has 0 aliphatic rings. The molecule has 5 heteroatoms. The number of nitrogens with zero attached hydrogens (tertiary/aromatic N) is 1. The van der Waals surface area contributed by atoms with Gasteiger partial charge in [0, 0.05) is 11.1 Å². The second-order valence-electron chi connectivity index (χ2n) is 5.59. The van der Waals surface area contributed by atoms with Gasteiger partial charge in [0.2, 0.25) is 0 Å². The molecule has 1 N–H and O–H groups in total. The van der Waals surface area contributed by atoms with Crippen molar-refractivity contribution in [2.75, 3.05) is 0 Å². The van der Waals surface area contributed by atoms with Crippen LogP contribution in [0.5, 0.6) is 0 Å². The summed E-state index contributed by atoms with van der Waals surface area (Å²) >= 11 is 1.32. The highest BCUT2D eigenvalue weighted by atomic mass is 32.1. The third-order valence-corrected chi connectivity index (χ3v) is 3.56. The van der Waals surface area contributed by atoms with Crippen molar-refractivity contribution in [3.05, 3.63) is 40.8 Å². The topological polar surface area (TPSA) is 42.0 Å². The standard InChI is InChI=1S/C15H17FN2OS/c1-9-17-12(14(19)18-15(2,3)4)13(20-9)10-7-5-6-8-11(10)16/h5-8H,1-4H3,(H,18,19). The van der Waals surface area contributed by atoms with E-state index in [1.54, 1.807) is 18.2 Å². The summed E-state index contributed by atoms with van der Waals surface area (Å²) < 4.78 is 13.9. The first-order valence-corrected chi connectivity index (χ1v) is 7.14. The second-order valence-corrected chi connectivity index (χ2v) is 6.80. The summed E-state index contributed by atoms with van der Waals surface area (Å²) in [5.74, 6) is -0.624. The number of benzene rings is 1. The van der Waals surface area contributed by atoms with E-state index in [1.165, 1.54) is 17.4 Å². The Kier molecular flexibility index (Phi) is 3.90. The zero-order valence-corrected chi connectivity index (χ0v) is 12.8. The molecule has 0 spiro atoms. The van der Waals surface area contributed by atoms with Crippen LogP contribution in [-0.4, -0.2) is 16.4 Å². The third-order valence-electron chi connectivity index (χ3n) is 2.56. The number of halogens is 1. The fourth-order valence-corrected chi connectivity index (χ4v) is 2.75. The van der Waals surface area contributed by atoms with Crippen molar-refractivity contribution in [1.29, 1.82) is 0 Å². The van der Waals surface area contributed by atoms with Gasteiger partial charge >= 0.3 is 0 Å². The van der Waals surface area contributed by atoms with E-state index in [4.69, 9.17) is 0 Å². The number of hydrogen-bond donors (Lipinski definition) is 1. The second kappa shape index (κ2) is 5.32. The molecular formula is C15H17FN2OS. The lowest BCUT2D eigenvalue weighted by atomic mass is 10.1. The number of rotatable bonds is 2. The van der Waals surface area contributed by atoms with Gasteiger partial charge in [0.05, 0.1) is 9.88 Å².